The van der Waals surface area contributed by atoms with E-state index in [-0.39, 0.29) is 11.5 Å². The minimum absolute atomic E-state index is 0.210. The average Bonchev–Trinajstić information content (AvgIpc) is 2.62. The van der Waals surface area contributed by atoms with Crippen molar-refractivity contribution in [3.8, 4) is 0 Å². The molecule has 26 heavy (non-hydrogen) atoms. The molecule has 5 heteroatoms. The molecule has 0 aliphatic rings. The smallest absolute Gasteiger partial charge is 0.255 e. The van der Waals surface area contributed by atoms with Crippen LogP contribution in [0.5, 0.6) is 0 Å². The lowest BCUT2D eigenvalue weighted by Crippen LogP contribution is -2.19. The van der Waals surface area contributed by atoms with Gasteiger partial charge in [0.15, 0.2) is 0 Å². The summed E-state index contributed by atoms with van der Waals surface area (Å²) in [5.74, 6) is -0.294. The Morgan fingerprint density at radius 1 is 0.923 bits per heavy atom. The van der Waals surface area contributed by atoms with Gasteiger partial charge in [0.2, 0.25) is 0 Å². The third kappa shape index (κ3) is 4.24. The Hall–Kier alpha value is -2.79. The van der Waals surface area contributed by atoms with Crippen molar-refractivity contribution in [2.24, 2.45) is 7.05 Å². The number of aryl methyl sites for hydroxylation is 3. The number of anilines is 1. The first-order valence-electron chi connectivity index (χ1n) is 8.25. The molecule has 0 radical (unpaired) electrons. The summed E-state index contributed by atoms with van der Waals surface area (Å²) in [4.78, 5) is 26.2. The molecule has 1 heterocycles. The number of nitrogens with zero attached hydrogens (tertiary/aromatic N) is 1. The maximum Gasteiger partial charge on any atom is 0.255 e. The van der Waals surface area contributed by atoms with Crippen molar-refractivity contribution in [1.29, 1.82) is 0 Å². The first kappa shape index (κ1) is 18.0. The van der Waals surface area contributed by atoms with Gasteiger partial charge < -0.3 is 9.88 Å². The zero-order valence-electron chi connectivity index (χ0n) is 14.9. The molecule has 132 valence electrons. The van der Waals surface area contributed by atoms with Crippen LogP contribution in [0.25, 0.3) is 0 Å². The number of carbonyl (C=O) groups is 1. The average molecular weight is 364 g/mol. The Morgan fingerprint density at radius 3 is 2.27 bits per heavy atom. The predicted molar refractivity (Wildman–Crippen MR) is 106 cm³/mol. The zero-order chi connectivity index (χ0) is 18.7. The van der Waals surface area contributed by atoms with Crippen LogP contribution in [0, 0.1) is 13.8 Å². The van der Waals surface area contributed by atoms with Gasteiger partial charge in [-0.1, -0.05) is 17.8 Å². The van der Waals surface area contributed by atoms with E-state index in [1.54, 1.807) is 31.1 Å². The molecular weight excluding hydrogens is 344 g/mol. The fourth-order valence-electron chi connectivity index (χ4n) is 2.41. The molecule has 0 atom stereocenters. The van der Waals surface area contributed by atoms with Crippen molar-refractivity contribution in [3.05, 3.63) is 87.8 Å². The van der Waals surface area contributed by atoms with Gasteiger partial charge in [-0.05, 0) is 67.4 Å². The maximum atomic E-state index is 12.3. The summed E-state index contributed by atoms with van der Waals surface area (Å²) in [5, 5.41) is 2.82. The van der Waals surface area contributed by atoms with Crippen LogP contribution in [0.2, 0.25) is 0 Å². The highest BCUT2D eigenvalue weighted by atomic mass is 32.2. The highest BCUT2D eigenvalue weighted by molar-refractivity contribution is 7.99. The summed E-state index contributed by atoms with van der Waals surface area (Å²) in [5.41, 5.74) is 3.38. The molecule has 0 unspecified atom stereocenters. The quantitative estimate of drug-likeness (QED) is 0.746. The molecule has 3 aromatic rings. The molecule has 3 rings (SSSR count). The van der Waals surface area contributed by atoms with Crippen molar-refractivity contribution in [2.45, 2.75) is 23.6 Å². The molecule has 0 fully saturated rings. The fraction of sp³-hybridized carbons (Fsp3) is 0.143. The summed E-state index contributed by atoms with van der Waals surface area (Å²) in [6.45, 7) is 4.21. The molecule has 1 N–H and O–H groups in total. The van der Waals surface area contributed by atoms with Gasteiger partial charge in [0.1, 0.15) is 0 Å². The van der Waals surface area contributed by atoms with Gasteiger partial charge in [0.05, 0.1) is 0 Å². The number of aromatic nitrogens is 1. The van der Waals surface area contributed by atoms with Crippen molar-refractivity contribution in [1.82, 2.24) is 4.57 Å². The van der Waals surface area contributed by atoms with Crippen LogP contribution in [0.3, 0.4) is 0 Å². The van der Waals surface area contributed by atoms with Crippen LogP contribution in [-0.2, 0) is 7.05 Å². The number of hydrogen-bond donors (Lipinski definition) is 1. The number of carbonyl (C=O) groups excluding carboxylic acids is 1. The number of benzene rings is 2. The number of rotatable bonds is 4. The number of nitrogens with one attached hydrogen (secondary N) is 1. The van der Waals surface area contributed by atoms with Crippen LogP contribution in [-0.4, -0.2) is 10.5 Å². The van der Waals surface area contributed by atoms with Crippen molar-refractivity contribution >= 4 is 23.4 Å². The first-order valence-corrected chi connectivity index (χ1v) is 9.07. The van der Waals surface area contributed by atoms with E-state index in [2.05, 4.69) is 37.4 Å². The lowest BCUT2D eigenvalue weighted by atomic mass is 10.1. The molecule has 0 saturated carbocycles. The van der Waals surface area contributed by atoms with Crippen LogP contribution < -0.4 is 10.9 Å². The van der Waals surface area contributed by atoms with Gasteiger partial charge in [0.25, 0.3) is 11.5 Å². The molecule has 2 aromatic carbocycles. The van der Waals surface area contributed by atoms with Crippen molar-refractivity contribution < 1.29 is 4.79 Å². The SMILES string of the molecule is Cc1ccc(Sc2ccc(NC(=O)c3ccn(C)c(=O)c3)cc2)cc1C. The standard InChI is InChI=1S/C21H20N2O2S/c1-14-4-7-19(12-15(14)2)26-18-8-5-17(6-9-18)22-21(25)16-10-11-23(3)20(24)13-16/h4-13H,1-3H3,(H,22,25). The Morgan fingerprint density at radius 2 is 1.62 bits per heavy atom. The maximum absolute atomic E-state index is 12.3. The van der Waals surface area contributed by atoms with Crippen LogP contribution in [0.4, 0.5) is 5.69 Å². The highest BCUT2D eigenvalue weighted by Gasteiger charge is 2.07. The molecule has 0 spiro atoms. The van der Waals surface area contributed by atoms with Crippen LogP contribution in [0.1, 0.15) is 21.5 Å². The van der Waals surface area contributed by atoms with E-state index >= 15 is 0 Å². The highest BCUT2D eigenvalue weighted by Crippen LogP contribution is 2.29. The summed E-state index contributed by atoms with van der Waals surface area (Å²) in [6.07, 6.45) is 1.58. The van der Waals surface area contributed by atoms with Gasteiger partial charge in [-0.2, -0.15) is 0 Å². The summed E-state index contributed by atoms with van der Waals surface area (Å²) < 4.78 is 1.43. The van der Waals surface area contributed by atoms with E-state index in [1.165, 1.54) is 26.7 Å². The Bertz CT molecular complexity index is 1010. The van der Waals surface area contributed by atoms with E-state index in [0.717, 1.165) is 4.90 Å². The van der Waals surface area contributed by atoms with E-state index < -0.39 is 0 Å². The zero-order valence-corrected chi connectivity index (χ0v) is 15.8. The molecule has 0 bridgehead atoms. The minimum atomic E-state index is -0.294. The Labute approximate surface area is 156 Å². The third-order valence-corrected chi connectivity index (χ3v) is 5.19. The Balaban J connectivity index is 1.69. The van der Waals surface area contributed by atoms with E-state index in [0.29, 0.717) is 11.3 Å². The first-order chi connectivity index (χ1) is 12.4. The number of hydrogen-bond acceptors (Lipinski definition) is 3. The van der Waals surface area contributed by atoms with Gasteiger partial charge >= 0.3 is 0 Å². The van der Waals surface area contributed by atoms with Crippen molar-refractivity contribution in [3.63, 3.8) is 0 Å². The van der Waals surface area contributed by atoms with Gasteiger partial charge in [-0.3, -0.25) is 9.59 Å². The largest absolute Gasteiger partial charge is 0.322 e. The lowest BCUT2D eigenvalue weighted by Gasteiger charge is -2.08. The molecule has 1 aromatic heterocycles. The van der Waals surface area contributed by atoms with Gasteiger partial charge in [-0.15, -0.1) is 0 Å². The summed E-state index contributed by atoms with van der Waals surface area (Å²) in [6, 6.07) is 17.0. The number of pyridine rings is 1. The molecule has 0 aliphatic carbocycles. The summed E-state index contributed by atoms with van der Waals surface area (Å²) in [7, 11) is 1.65. The molecule has 4 nitrogen and oxygen atoms in total. The molecular formula is C21H20N2O2S. The van der Waals surface area contributed by atoms with Crippen LogP contribution >= 0.6 is 11.8 Å². The fourth-order valence-corrected chi connectivity index (χ4v) is 3.33. The Kier molecular flexibility index (Phi) is 5.28. The second-order valence-corrected chi connectivity index (χ2v) is 7.34. The van der Waals surface area contributed by atoms with Crippen LogP contribution in [0.15, 0.2) is 75.4 Å². The lowest BCUT2D eigenvalue weighted by molar-refractivity contribution is 0.102. The molecule has 1 amide bonds. The second-order valence-electron chi connectivity index (χ2n) is 6.19. The topological polar surface area (TPSA) is 51.1 Å². The van der Waals surface area contributed by atoms with E-state index in [9.17, 15) is 9.59 Å². The van der Waals surface area contributed by atoms with Gasteiger partial charge in [0, 0.05) is 40.4 Å². The van der Waals surface area contributed by atoms with E-state index in [4.69, 9.17) is 0 Å². The minimum Gasteiger partial charge on any atom is -0.322 e. The predicted octanol–water partition coefficient (Wildman–Crippen LogP) is 4.41. The normalized spacial score (nSPS) is 10.6. The molecule has 0 aliphatic heterocycles. The number of amides is 1. The third-order valence-electron chi connectivity index (χ3n) is 4.19. The second kappa shape index (κ2) is 7.62. The monoisotopic (exact) mass is 364 g/mol. The summed E-state index contributed by atoms with van der Waals surface area (Å²) >= 11 is 1.68. The van der Waals surface area contributed by atoms with Crippen molar-refractivity contribution in [2.75, 3.05) is 5.32 Å². The van der Waals surface area contributed by atoms with E-state index in [1.807, 2.05) is 24.3 Å². The molecule has 0 saturated heterocycles. The van der Waals surface area contributed by atoms with Gasteiger partial charge in [-0.25, -0.2) is 0 Å².